The van der Waals surface area contributed by atoms with Gasteiger partial charge in [-0.2, -0.15) is 0 Å². The molecule has 0 saturated heterocycles. The van der Waals surface area contributed by atoms with Gasteiger partial charge in [0.25, 0.3) is 0 Å². The van der Waals surface area contributed by atoms with Crippen molar-refractivity contribution in [2.75, 3.05) is 0 Å². The molecule has 2 aromatic carbocycles. The summed E-state index contributed by atoms with van der Waals surface area (Å²) in [4.78, 5) is 0. The fraction of sp³-hybridized carbons (Fsp3) is 0.333. The van der Waals surface area contributed by atoms with E-state index in [0.29, 0.717) is 5.92 Å². The summed E-state index contributed by atoms with van der Waals surface area (Å²) in [6, 6.07) is 15.9. The van der Waals surface area contributed by atoms with Crippen LogP contribution >= 0.6 is 0 Å². The van der Waals surface area contributed by atoms with Crippen LogP contribution in [0.25, 0.3) is 6.08 Å². The molecule has 22 heavy (non-hydrogen) atoms. The quantitative estimate of drug-likeness (QED) is 0.711. The molecule has 0 spiro atoms. The fourth-order valence-electron chi connectivity index (χ4n) is 4.35. The normalized spacial score (nSPS) is 23.4. The molecule has 106 valence electrons. The SMILES string of the molecule is [Li][C]1(CC(C)c2ccccc2)C=Cc2cc3c(cc21)CCC3. The Balaban J connectivity index is 1.65. The molecular formula is C21H21Li. The van der Waals surface area contributed by atoms with Gasteiger partial charge in [-0.05, 0) is 0 Å². The summed E-state index contributed by atoms with van der Waals surface area (Å²) in [5.41, 5.74) is 7.65. The number of rotatable bonds is 3. The second-order valence-electron chi connectivity index (χ2n) is 7.33. The molecule has 0 fully saturated rings. The molecule has 4 rings (SSSR count). The monoisotopic (exact) mass is 280 g/mol. The number of hydrogen-bond acceptors (Lipinski definition) is 0. The third-order valence-electron chi connectivity index (χ3n) is 5.61. The maximum absolute atomic E-state index is 2.51. The zero-order valence-electron chi connectivity index (χ0n) is 13.6. The van der Waals surface area contributed by atoms with Crippen LogP contribution in [0, 0.1) is 0 Å². The summed E-state index contributed by atoms with van der Waals surface area (Å²) in [6.45, 7) is 2.36. The van der Waals surface area contributed by atoms with Crippen LogP contribution in [0.3, 0.4) is 0 Å². The van der Waals surface area contributed by atoms with Gasteiger partial charge in [0.15, 0.2) is 0 Å². The first-order valence-electron chi connectivity index (χ1n) is 8.56. The van der Waals surface area contributed by atoms with Gasteiger partial charge >= 0.3 is 143 Å². The predicted molar refractivity (Wildman–Crippen MR) is 94.4 cm³/mol. The molecule has 2 atom stereocenters. The second kappa shape index (κ2) is 5.45. The summed E-state index contributed by atoms with van der Waals surface area (Å²) in [5, 5.41) is 0. The van der Waals surface area contributed by atoms with Crippen molar-refractivity contribution in [3.8, 4) is 0 Å². The molecular weight excluding hydrogens is 259 g/mol. The Morgan fingerprint density at radius 2 is 1.82 bits per heavy atom. The Labute approximate surface area is 142 Å². The Morgan fingerprint density at radius 3 is 2.59 bits per heavy atom. The average molecular weight is 280 g/mol. The van der Waals surface area contributed by atoms with Crippen molar-refractivity contribution in [1.29, 1.82) is 0 Å². The van der Waals surface area contributed by atoms with Gasteiger partial charge < -0.3 is 0 Å². The first-order valence-corrected chi connectivity index (χ1v) is 8.56. The van der Waals surface area contributed by atoms with Gasteiger partial charge in [-0.1, -0.05) is 0 Å². The van der Waals surface area contributed by atoms with E-state index in [9.17, 15) is 0 Å². The van der Waals surface area contributed by atoms with Crippen molar-refractivity contribution in [3.05, 3.63) is 76.4 Å². The standard InChI is InChI=1S/C21H21.Li/c1-15(16-6-3-2-4-7-16)12-19-10-11-20-13-17-8-5-9-18(17)14-21(19)20;/h2-4,6-7,10-11,13-15H,5,8-9,12H2,1H3;. The van der Waals surface area contributed by atoms with E-state index >= 15 is 0 Å². The minimum atomic E-state index is 0.183. The molecule has 0 aromatic heterocycles. The first-order chi connectivity index (χ1) is 10.7. The van der Waals surface area contributed by atoms with E-state index < -0.39 is 0 Å². The van der Waals surface area contributed by atoms with Crippen LogP contribution in [0.1, 0.15) is 53.5 Å². The third-order valence-corrected chi connectivity index (χ3v) is 5.61. The molecule has 0 aliphatic heterocycles. The van der Waals surface area contributed by atoms with Crippen LogP contribution in [0.2, 0.25) is 0 Å². The number of fused-ring (bicyclic) bond motifs is 2. The molecule has 0 heterocycles. The van der Waals surface area contributed by atoms with E-state index in [2.05, 4.69) is 79.3 Å². The molecule has 2 unspecified atom stereocenters. The molecule has 2 aliphatic carbocycles. The Morgan fingerprint density at radius 1 is 1.09 bits per heavy atom. The minimum absolute atomic E-state index is 0.183. The molecule has 0 radical (unpaired) electrons. The van der Waals surface area contributed by atoms with E-state index in [0.717, 1.165) is 0 Å². The van der Waals surface area contributed by atoms with Crippen molar-refractivity contribution >= 4 is 23.8 Å². The van der Waals surface area contributed by atoms with E-state index in [4.69, 9.17) is 0 Å². The first kappa shape index (κ1) is 14.4. The predicted octanol–water partition coefficient (Wildman–Crippen LogP) is 4.76. The topological polar surface area (TPSA) is 0 Å². The van der Waals surface area contributed by atoms with Crippen LogP contribution in [0.5, 0.6) is 0 Å². The number of aryl methyl sites for hydroxylation is 2. The third kappa shape index (κ3) is 2.40. The van der Waals surface area contributed by atoms with E-state index in [1.807, 2.05) is 0 Å². The average Bonchev–Trinajstić information content (AvgIpc) is 3.11. The van der Waals surface area contributed by atoms with Gasteiger partial charge in [0.1, 0.15) is 0 Å². The van der Waals surface area contributed by atoms with Crippen LogP contribution in [0.15, 0.2) is 48.5 Å². The van der Waals surface area contributed by atoms with E-state index in [1.165, 1.54) is 36.8 Å². The van der Waals surface area contributed by atoms with Gasteiger partial charge in [0.2, 0.25) is 0 Å². The summed E-state index contributed by atoms with van der Waals surface area (Å²) in [6.07, 6.45) is 9.84. The van der Waals surface area contributed by atoms with Crippen LogP contribution < -0.4 is 0 Å². The van der Waals surface area contributed by atoms with Gasteiger partial charge in [-0.25, -0.2) is 0 Å². The van der Waals surface area contributed by atoms with Gasteiger partial charge in [0, 0.05) is 0 Å². The molecule has 0 nitrogen and oxygen atoms in total. The van der Waals surface area contributed by atoms with Crippen molar-refractivity contribution < 1.29 is 0 Å². The van der Waals surface area contributed by atoms with Crippen LogP contribution in [0.4, 0.5) is 0 Å². The molecule has 2 aliphatic rings. The Bertz CT molecular complexity index is 729. The molecule has 0 amide bonds. The molecule has 0 saturated carbocycles. The van der Waals surface area contributed by atoms with Crippen molar-refractivity contribution in [2.45, 2.75) is 42.6 Å². The van der Waals surface area contributed by atoms with Gasteiger partial charge in [0.05, 0.1) is 0 Å². The maximum atomic E-state index is 2.51. The zero-order valence-corrected chi connectivity index (χ0v) is 13.6. The molecule has 0 N–H and O–H groups in total. The zero-order chi connectivity index (χ0) is 15.2. The van der Waals surface area contributed by atoms with E-state index in [-0.39, 0.29) is 4.09 Å². The Kier molecular flexibility index (Phi) is 3.56. The van der Waals surface area contributed by atoms with E-state index in [1.54, 1.807) is 16.7 Å². The van der Waals surface area contributed by atoms with Crippen molar-refractivity contribution in [3.63, 3.8) is 0 Å². The summed E-state index contributed by atoms with van der Waals surface area (Å²) in [5.74, 6) is 0.579. The molecule has 0 bridgehead atoms. The summed E-state index contributed by atoms with van der Waals surface area (Å²) in [7, 11) is 0. The van der Waals surface area contributed by atoms with Crippen molar-refractivity contribution in [2.24, 2.45) is 0 Å². The number of benzene rings is 2. The number of allylic oxidation sites excluding steroid dienone is 1. The summed E-state index contributed by atoms with van der Waals surface area (Å²) < 4.78 is 0.183. The van der Waals surface area contributed by atoms with Crippen LogP contribution in [-0.4, -0.2) is 17.7 Å². The van der Waals surface area contributed by atoms with Crippen molar-refractivity contribution in [1.82, 2.24) is 0 Å². The van der Waals surface area contributed by atoms with Gasteiger partial charge in [-0.3, -0.25) is 0 Å². The fourth-order valence-corrected chi connectivity index (χ4v) is 4.35. The van der Waals surface area contributed by atoms with Gasteiger partial charge in [-0.15, -0.1) is 0 Å². The summed E-state index contributed by atoms with van der Waals surface area (Å²) >= 11 is 2.41. The Hall–Kier alpha value is -1.22. The number of hydrogen-bond donors (Lipinski definition) is 0. The molecule has 2 aromatic rings. The molecule has 1 heteroatoms. The second-order valence-corrected chi connectivity index (χ2v) is 7.33. The van der Waals surface area contributed by atoms with Crippen LogP contribution in [-0.2, 0) is 16.9 Å².